The van der Waals surface area contributed by atoms with Crippen LogP contribution in [-0.2, 0) is 17.6 Å². The van der Waals surface area contributed by atoms with Crippen LogP contribution in [0.3, 0.4) is 0 Å². The Morgan fingerprint density at radius 1 is 1.31 bits per heavy atom. The van der Waals surface area contributed by atoms with E-state index in [9.17, 15) is 17.6 Å². The molecule has 1 aliphatic rings. The van der Waals surface area contributed by atoms with Gasteiger partial charge in [-0.1, -0.05) is 17.7 Å². The number of alkyl halides is 3. The molecule has 29 heavy (non-hydrogen) atoms. The minimum Gasteiger partial charge on any atom is -0.363 e. The number of likely N-dealkylation sites (N-methyl/N-ethyl adjacent to an activating group) is 1. The molecule has 1 heterocycles. The summed E-state index contributed by atoms with van der Waals surface area (Å²) in [4.78, 5) is 7.07. The molecule has 1 fully saturated rings. The molecular formula is C20H18ClF4N3O. The number of nitrogens with zero attached hydrogens (tertiary/aromatic N) is 3. The lowest BCUT2D eigenvalue weighted by Crippen LogP contribution is -2.47. The zero-order valence-electron chi connectivity index (χ0n) is 15.5. The third kappa shape index (κ3) is 4.81. The van der Waals surface area contributed by atoms with Crippen LogP contribution >= 0.6 is 11.6 Å². The lowest BCUT2D eigenvalue weighted by molar-refractivity contribution is -0.167. The van der Waals surface area contributed by atoms with Gasteiger partial charge < -0.3 is 4.90 Å². The van der Waals surface area contributed by atoms with E-state index in [0.29, 0.717) is 25.3 Å². The van der Waals surface area contributed by atoms with Gasteiger partial charge >= 0.3 is 6.18 Å². The molecule has 1 saturated heterocycles. The molecular weight excluding hydrogens is 410 g/mol. The Bertz CT molecular complexity index is 929. The molecule has 3 rings (SSSR count). The molecule has 0 saturated carbocycles. The standard InChI is InChI=1S/C20H18ClF4N3O/c1-27-11-15(7-8-29-27)28(14-6-5-13(10-26)18(21)9-14)12-16-17(20(23,24)25)3-2-4-19(16)22/h2-6,9,15H,7-8,11-12H2,1H3/t15-/m0/s1. The van der Waals surface area contributed by atoms with E-state index < -0.39 is 23.1 Å². The molecule has 4 nitrogen and oxygen atoms in total. The summed E-state index contributed by atoms with van der Waals surface area (Å²) in [6, 6.07) is 9.27. The van der Waals surface area contributed by atoms with E-state index in [1.54, 1.807) is 23.1 Å². The van der Waals surface area contributed by atoms with Crippen molar-refractivity contribution < 1.29 is 22.4 Å². The van der Waals surface area contributed by atoms with Crippen molar-refractivity contribution in [1.82, 2.24) is 5.06 Å². The zero-order valence-corrected chi connectivity index (χ0v) is 16.3. The second-order valence-corrected chi connectivity index (χ2v) is 7.16. The van der Waals surface area contributed by atoms with Crippen molar-refractivity contribution in [3.05, 3.63) is 63.9 Å². The molecule has 0 aliphatic carbocycles. The fourth-order valence-corrected chi connectivity index (χ4v) is 3.62. The zero-order chi connectivity index (χ0) is 21.2. The number of anilines is 1. The minimum atomic E-state index is -4.68. The fourth-order valence-electron chi connectivity index (χ4n) is 3.40. The van der Waals surface area contributed by atoms with Crippen LogP contribution in [0.4, 0.5) is 23.2 Å². The maximum atomic E-state index is 14.5. The molecule has 0 amide bonds. The van der Waals surface area contributed by atoms with Crippen LogP contribution in [0, 0.1) is 17.1 Å². The van der Waals surface area contributed by atoms with Crippen LogP contribution in [0.1, 0.15) is 23.1 Å². The first-order valence-electron chi connectivity index (χ1n) is 8.85. The summed E-state index contributed by atoms with van der Waals surface area (Å²) in [5, 5.41) is 10.9. The van der Waals surface area contributed by atoms with Crippen LogP contribution in [-0.4, -0.2) is 31.3 Å². The summed E-state index contributed by atoms with van der Waals surface area (Å²) in [6.07, 6.45) is -4.14. The maximum Gasteiger partial charge on any atom is 0.416 e. The summed E-state index contributed by atoms with van der Waals surface area (Å²) >= 11 is 6.14. The predicted octanol–water partition coefficient (Wildman–Crippen LogP) is 5.01. The SMILES string of the molecule is CN1C[C@@H](N(Cc2c(F)cccc2C(F)(F)F)c2ccc(C#N)c(Cl)c2)CCO1. The van der Waals surface area contributed by atoms with Crippen LogP contribution < -0.4 is 4.90 Å². The van der Waals surface area contributed by atoms with Gasteiger partial charge in [-0.25, -0.2) is 4.39 Å². The van der Waals surface area contributed by atoms with Gasteiger partial charge in [0.25, 0.3) is 0 Å². The minimum absolute atomic E-state index is 0.181. The van der Waals surface area contributed by atoms with E-state index >= 15 is 0 Å². The average Bonchev–Trinajstić information content (AvgIpc) is 2.66. The maximum absolute atomic E-state index is 14.5. The first-order chi connectivity index (χ1) is 13.7. The van der Waals surface area contributed by atoms with Crippen molar-refractivity contribution in [3.8, 4) is 6.07 Å². The molecule has 2 aromatic rings. The molecule has 0 unspecified atom stereocenters. The van der Waals surface area contributed by atoms with Crippen molar-refractivity contribution in [2.24, 2.45) is 0 Å². The van der Waals surface area contributed by atoms with Gasteiger partial charge in [0.15, 0.2) is 0 Å². The third-order valence-electron chi connectivity index (χ3n) is 4.83. The van der Waals surface area contributed by atoms with Gasteiger partial charge in [0.05, 0.1) is 22.8 Å². The molecule has 0 spiro atoms. The van der Waals surface area contributed by atoms with E-state index in [1.807, 2.05) is 6.07 Å². The molecule has 154 valence electrons. The first kappa shape index (κ1) is 21.4. The molecule has 2 aromatic carbocycles. The van der Waals surface area contributed by atoms with E-state index in [-0.39, 0.29) is 23.2 Å². The average molecular weight is 428 g/mol. The van der Waals surface area contributed by atoms with Gasteiger partial charge in [0.2, 0.25) is 0 Å². The third-order valence-corrected chi connectivity index (χ3v) is 5.14. The number of hydroxylamine groups is 2. The summed E-state index contributed by atoms with van der Waals surface area (Å²) < 4.78 is 54.9. The Morgan fingerprint density at radius 3 is 2.69 bits per heavy atom. The van der Waals surface area contributed by atoms with Crippen molar-refractivity contribution in [2.45, 2.75) is 25.2 Å². The van der Waals surface area contributed by atoms with Gasteiger partial charge in [0, 0.05) is 37.4 Å². The Balaban J connectivity index is 2.06. The number of hydrogen-bond acceptors (Lipinski definition) is 4. The monoisotopic (exact) mass is 427 g/mol. The van der Waals surface area contributed by atoms with E-state index in [1.165, 1.54) is 12.1 Å². The fraction of sp³-hybridized carbons (Fsp3) is 0.350. The normalized spacial score (nSPS) is 17.8. The van der Waals surface area contributed by atoms with Crippen LogP contribution in [0.5, 0.6) is 0 Å². The van der Waals surface area contributed by atoms with E-state index in [2.05, 4.69) is 0 Å². The van der Waals surface area contributed by atoms with E-state index in [0.717, 1.165) is 18.2 Å². The molecule has 0 N–H and O–H groups in total. The summed E-state index contributed by atoms with van der Waals surface area (Å²) in [5.74, 6) is -0.926. The topological polar surface area (TPSA) is 39.5 Å². The Kier molecular flexibility index (Phi) is 6.32. The number of rotatable bonds is 4. The summed E-state index contributed by atoms with van der Waals surface area (Å²) in [7, 11) is 1.72. The van der Waals surface area contributed by atoms with Gasteiger partial charge in [-0.3, -0.25) is 4.84 Å². The summed E-state index contributed by atoms with van der Waals surface area (Å²) in [6.45, 7) is 0.487. The highest BCUT2D eigenvalue weighted by molar-refractivity contribution is 6.32. The first-order valence-corrected chi connectivity index (χ1v) is 9.23. The Labute approximate surface area is 170 Å². The van der Waals surface area contributed by atoms with E-state index in [4.69, 9.17) is 21.7 Å². The molecule has 0 radical (unpaired) electrons. The van der Waals surface area contributed by atoms with Crippen LogP contribution in [0.15, 0.2) is 36.4 Å². The molecule has 0 aromatic heterocycles. The quantitative estimate of drug-likeness (QED) is 0.643. The highest BCUT2D eigenvalue weighted by Gasteiger charge is 2.36. The second-order valence-electron chi connectivity index (χ2n) is 6.75. The number of hydrogen-bond donors (Lipinski definition) is 0. The summed E-state index contributed by atoms with van der Waals surface area (Å²) in [5.41, 5.74) is -0.690. The Morgan fingerprint density at radius 2 is 2.07 bits per heavy atom. The predicted molar refractivity (Wildman–Crippen MR) is 101 cm³/mol. The van der Waals surface area contributed by atoms with Crippen molar-refractivity contribution in [3.63, 3.8) is 0 Å². The molecule has 9 heteroatoms. The van der Waals surface area contributed by atoms with Crippen LogP contribution in [0.2, 0.25) is 5.02 Å². The van der Waals surface area contributed by atoms with Gasteiger partial charge in [-0.05, 0) is 36.8 Å². The van der Waals surface area contributed by atoms with Crippen molar-refractivity contribution >= 4 is 17.3 Å². The number of nitriles is 1. The van der Waals surface area contributed by atoms with Crippen molar-refractivity contribution in [1.29, 1.82) is 5.26 Å². The van der Waals surface area contributed by atoms with Gasteiger partial charge in [0.1, 0.15) is 11.9 Å². The molecule has 1 aliphatic heterocycles. The van der Waals surface area contributed by atoms with Crippen molar-refractivity contribution in [2.75, 3.05) is 25.1 Å². The number of benzene rings is 2. The molecule has 0 bridgehead atoms. The van der Waals surface area contributed by atoms with Gasteiger partial charge in [-0.2, -0.15) is 23.5 Å². The molecule has 1 atom stereocenters. The lowest BCUT2D eigenvalue weighted by atomic mass is 10.0. The van der Waals surface area contributed by atoms with Gasteiger partial charge in [-0.15, -0.1) is 0 Å². The largest absolute Gasteiger partial charge is 0.416 e. The smallest absolute Gasteiger partial charge is 0.363 e. The second kappa shape index (κ2) is 8.57. The highest BCUT2D eigenvalue weighted by Crippen LogP contribution is 2.36. The van der Waals surface area contributed by atoms with Crippen LogP contribution in [0.25, 0.3) is 0 Å². The Hall–Kier alpha value is -2.34. The number of halogens is 5. The lowest BCUT2D eigenvalue weighted by Gasteiger charge is -2.39. The highest BCUT2D eigenvalue weighted by atomic mass is 35.5.